The lowest BCUT2D eigenvalue weighted by Gasteiger charge is -2.43. The molecule has 0 spiro atoms. The van der Waals surface area contributed by atoms with Crippen molar-refractivity contribution >= 4 is 0 Å². The summed E-state index contributed by atoms with van der Waals surface area (Å²) in [5.41, 5.74) is -0.673. The number of hydrogen-bond donors (Lipinski definition) is 1. The van der Waals surface area contributed by atoms with E-state index in [1.54, 1.807) is 0 Å². The quantitative estimate of drug-likeness (QED) is 0.798. The number of nitrogens with one attached hydrogen (secondary N) is 1. The van der Waals surface area contributed by atoms with Crippen molar-refractivity contribution in [2.45, 2.75) is 43.8 Å². The highest BCUT2D eigenvalue weighted by Crippen LogP contribution is 2.43. The maximum Gasteiger partial charge on any atom is 0.391 e. The number of alkyl halides is 3. The Bertz CT molecular complexity index is 332. The SMILES string of the molecule is N#CC1(N2CCCNCC2)CCC(C(F)(F)F)CC1. The molecule has 1 heterocycles. The number of hydrogen-bond acceptors (Lipinski definition) is 3. The maximum absolute atomic E-state index is 12.7. The largest absolute Gasteiger partial charge is 0.391 e. The van der Waals surface area contributed by atoms with Gasteiger partial charge in [0.05, 0.1) is 12.0 Å². The molecule has 108 valence electrons. The van der Waals surface area contributed by atoms with Gasteiger partial charge in [-0.15, -0.1) is 0 Å². The molecule has 1 N–H and O–H groups in total. The van der Waals surface area contributed by atoms with Crippen LogP contribution in [0, 0.1) is 17.2 Å². The van der Waals surface area contributed by atoms with Crippen LogP contribution in [0.3, 0.4) is 0 Å². The predicted molar refractivity (Wildman–Crippen MR) is 65.4 cm³/mol. The summed E-state index contributed by atoms with van der Waals surface area (Å²) in [6.07, 6.45) is -2.31. The van der Waals surface area contributed by atoms with Crippen LogP contribution in [0.15, 0.2) is 0 Å². The van der Waals surface area contributed by atoms with E-state index in [1.165, 1.54) is 0 Å². The number of nitrogens with zero attached hydrogens (tertiary/aromatic N) is 2. The van der Waals surface area contributed by atoms with Crippen molar-refractivity contribution in [3.8, 4) is 6.07 Å². The van der Waals surface area contributed by atoms with E-state index < -0.39 is 17.6 Å². The number of nitriles is 1. The summed E-state index contributed by atoms with van der Waals surface area (Å²) < 4.78 is 38.1. The first-order chi connectivity index (χ1) is 8.98. The van der Waals surface area contributed by atoms with Gasteiger partial charge in [-0.05, 0) is 38.6 Å². The lowest BCUT2D eigenvalue weighted by molar-refractivity contribution is -0.186. The van der Waals surface area contributed by atoms with E-state index >= 15 is 0 Å². The van der Waals surface area contributed by atoms with Crippen LogP contribution in [-0.2, 0) is 0 Å². The van der Waals surface area contributed by atoms with Crippen molar-refractivity contribution in [1.29, 1.82) is 5.26 Å². The van der Waals surface area contributed by atoms with Crippen LogP contribution in [0.1, 0.15) is 32.1 Å². The molecule has 0 aromatic rings. The average molecular weight is 275 g/mol. The third-order valence-electron chi connectivity index (χ3n) is 4.43. The molecule has 0 aromatic carbocycles. The summed E-state index contributed by atoms with van der Waals surface area (Å²) in [5.74, 6) is -1.22. The topological polar surface area (TPSA) is 39.1 Å². The summed E-state index contributed by atoms with van der Waals surface area (Å²) in [6, 6.07) is 2.32. The van der Waals surface area contributed by atoms with Crippen molar-refractivity contribution in [1.82, 2.24) is 10.2 Å². The van der Waals surface area contributed by atoms with Crippen molar-refractivity contribution in [2.24, 2.45) is 5.92 Å². The van der Waals surface area contributed by atoms with Gasteiger partial charge in [-0.3, -0.25) is 4.90 Å². The monoisotopic (exact) mass is 275 g/mol. The minimum Gasteiger partial charge on any atom is -0.315 e. The maximum atomic E-state index is 12.7. The Morgan fingerprint density at radius 2 is 1.84 bits per heavy atom. The lowest BCUT2D eigenvalue weighted by Crippen LogP contribution is -2.52. The zero-order valence-electron chi connectivity index (χ0n) is 11.0. The second kappa shape index (κ2) is 5.68. The standard InChI is InChI=1S/C13H20F3N3/c14-13(15,16)11-2-4-12(10-17,5-3-11)19-8-1-6-18-7-9-19/h11,18H,1-9H2. The normalized spacial score (nSPS) is 34.5. The number of halogens is 3. The van der Waals surface area contributed by atoms with Crippen LogP contribution in [0.5, 0.6) is 0 Å². The van der Waals surface area contributed by atoms with Gasteiger partial charge in [0.15, 0.2) is 0 Å². The molecule has 0 unspecified atom stereocenters. The minimum atomic E-state index is -4.11. The van der Waals surface area contributed by atoms with Crippen molar-refractivity contribution in [2.75, 3.05) is 26.2 Å². The summed E-state index contributed by atoms with van der Waals surface area (Å²) in [4.78, 5) is 2.10. The second-order valence-corrected chi connectivity index (χ2v) is 5.55. The van der Waals surface area contributed by atoms with Gasteiger partial charge in [-0.2, -0.15) is 18.4 Å². The molecule has 19 heavy (non-hydrogen) atoms. The molecule has 1 aliphatic carbocycles. The van der Waals surface area contributed by atoms with Crippen molar-refractivity contribution in [3.05, 3.63) is 0 Å². The highest BCUT2D eigenvalue weighted by Gasteiger charge is 2.48. The first-order valence-corrected chi connectivity index (χ1v) is 6.92. The molecule has 0 atom stereocenters. The first kappa shape index (κ1) is 14.6. The molecule has 0 bridgehead atoms. The first-order valence-electron chi connectivity index (χ1n) is 6.92. The van der Waals surface area contributed by atoms with E-state index in [4.69, 9.17) is 0 Å². The van der Waals surface area contributed by atoms with E-state index in [1.807, 2.05) is 0 Å². The van der Waals surface area contributed by atoms with Gasteiger partial charge in [0.25, 0.3) is 0 Å². The van der Waals surface area contributed by atoms with Gasteiger partial charge >= 0.3 is 6.18 Å². The molecule has 0 amide bonds. The fourth-order valence-electron chi connectivity index (χ4n) is 3.20. The Morgan fingerprint density at radius 3 is 2.42 bits per heavy atom. The van der Waals surface area contributed by atoms with Crippen LogP contribution >= 0.6 is 0 Å². The van der Waals surface area contributed by atoms with Crippen LogP contribution in [0.2, 0.25) is 0 Å². The van der Waals surface area contributed by atoms with E-state index in [0.717, 1.165) is 32.6 Å². The van der Waals surface area contributed by atoms with Crippen LogP contribution in [0.4, 0.5) is 13.2 Å². The molecule has 1 saturated carbocycles. The van der Waals surface area contributed by atoms with Gasteiger partial charge in [0, 0.05) is 19.6 Å². The zero-order valence-corrected chi connectivity index (χ0v) is 11.0. The highest BCUT2D eigenvalue weighted by molar-refractivity contribution is 5.11. The van der Waals surface area contributed by atoms with Crippen LogP contribution < -0.4 is 5.32 Å². The summed E-state index contributed by atoms with van der Waals surface area (Å²) in [6.45, 7) is 3.29. The third kappa shape index (κ3) is 3.21. The molecule has 2 fully saturated rings. The molecule has 0 aromatic heterocycles. The van der Waals surface area contributed by atoms with Crippen LogP contribution in [-0.4, -0.2) is 42.8 Å². The fourth-order valence-corrected chi connectivity index (χ4v) is 3.20. The Labute approximate surface area is 111 Å². The predicted octanol–water partition coefficient (Wildman–Crippen LogP) is 2.30. The van der Waals surface area contributed by atoms with Gasteiger partial charge < -0.3 is 5.32 Å². The molecule has 0 radical (unpaired) electrons. The third-order valence-corrected chi connectivity index (χ3v) is 4.43. The van der Waals surface area contributed by atoms with E-state index in [9.17, 15) is 18.4 Å². The summed E-state index contributed by atoms with van der Waals surface area (Å²) >= 11 is 0. The Kier molecular flexibility index (Phi) is 4.36. The van der Waals surface area contributed by atoms with E-state index in [2.05, 4.69) is 16.3 Å². The van der Waals surface area contributed by atoms with E-state index in [0.29, 0.717) is 12.8 Å². The molecule has 2 aliphatic rings. The molecular formula is C13H20F3N3. The Morgan fingerprint density at radius 1 is 1.16 bits per heavy atom. The van der Waals surface area contributed by atoms with Gasteiger partial charge in [-0.1, -0.05) is 0 Å². The molecule has 1 saturated heterocycles. The van der Waals surface area contributed by atoms with Gasteiger partial charge in [0.2, 0.25) is 0 Å². The van der Waals surface area contributed by atoms with E-state index in [-0.39, 0.29) is 12.8 Å². The summed E-state index contributed by atoms with van der Waals surface area (Å²) in [7, 11) is 0. The lowest BCUT2D eigenvalue weighted by atomic mass is 9.76. The molecule has 1 aliphatic heterocycles. The van der Waals surface area contributed by atoms with Crippen LogP contribution in [0.25, 0.3) is 0 Å². The molecular weight excluding hydrogens is 255 g/mol. The van der Waals surface area contributed by atoms with Gasteiger partial charge in [-0.25, -0.2) is 0 Å². The zero-order chi connectivity index (χ0) is 13.9. The summed E-state index contributed by atoms with van der Waals surface area (Å²) in [5, 5.41) is 12.7. The van der Waals surface area contributed by atoms with Crippen molar-refractivity contribution < 1.29 is 13.2 Å². The molecule has 2 rings (SSSR count). The Balaban J connectivity index is 2.03. The van der Waals surface area contributed by atoms with Gasteiger partial charge in [0.1, 0.15) is 5.54 Å². The minimum absolute atomic E-state index is 0.0843. The second-order valence-electron chi connectivity index (χ2n) is 5.55. The highest BCUT2D eigenvalue weighted by atomic mass is 19.4. The fraction of sp³-hybridized carbons (Fsp3) is 0.923. The number of rotatable bonds is 1. The smallest absolute Gasteiger partial charge is 0.315 e. The Hall–Kier alpha value is -0.800. The molecule has 3 nitrogen and oxygen atoms in total. The molecule has 6 heteroatoms. The van der Waals surface area contributed by atoms with Crippen molar-refractivity contribution in [3.63, 3.8) is 0 Å². The average Bonchev–Trinajstić information content (AvgIpc) is 2.67.